The van der Waals surface area contributed by atoms with E-state index < -0.39 is 0 Å². The van der Waals surface area contributed by atoms with Gasteiger partial charge in [0.1, 0.15) is 0 Å². The van der Waals surface area contributed by atoms with Gasteiger partial charge in [-0.05, 0) is 56.0 Å². The summed E-state index contributed by atoms with van der Waals surface area (Å²) in [6.07, 6.45) is 0.254. The molecule has 0 spiro atoms. The van der Waals surface area contributed by atoms with E-state index in [-0.39, 0.29) is 24.2 Å². The van der Waals surface area contributed by atoms with E-state index in [0.717, 1.165) is 33.6 Å². The Hall–Kier alpha value is -2.62. The Labute approximate surface area is 148 Å². The quantitative estimate of drug-likeness (QED) is 0.924. The largest absolute Gasteiger partial charge is 0.326 e. The minimum Gasteiger partial charge on any atom is -0.326 e. The lowest BCUT2D eigenvalue weighted by Crippen LogP contribution is -2.29. The number of anilines is 2. The second-order valence-corrected chi connectivity index (χ2v) is 6.88. The zero-order chi connectivity index (χ0) is 18.1. The fraction of sp³-hybridized carbons (Fsp3) is 0.333. The van der Waals surface area contributed by atoms with Crippen molar-refractivity contribution in [3.63, 3.8) is 0 Å². The highest BCUT2D eigenvalue weighted by molar-refractivity contribution is 6.04. The van der Waals surface area contributed by atoms with Crippen LogP contribution in [0.5, 0.6) is 0 Å². The zero-order valence-corrected chi connectivity index (χ0v) is 15.2. The molecule has 2 aromatic rings. The van der Waals surface area contributed by atoms with Gasteiger partial charge in [0, 0.05) is 24.3 Å². The molecule has 0 aromatic heterocycles. The summed E-state index contributed by atoms with van der Waals surface area (Å²) in [6, 6.07) is 11.8. The van der Waals surface area contributed by atoms with Gasteiger partial charge in [0.15, 0.2) is 0 Å². The SMILES string of the molecule is Cc1cccc(NC(=O)[C@@H]2CC(=O)N(c3c(C)cccc3C)C2)c1C. The summed E-state index contributed by atoms with van der Waals surface area (Å²) in [5.41, 5.74) is 6.08. The van der Waals surface area contributed by atoms with Gasteiger partial charge in [-0.2, -0.15) is 0 Å². The molecule has 1 aliphatic rings. The van der Waals surface area contributed by atoms with Crippen LogP contribution in [-0.4, -0.2) is 18.4 Å². The molecule has 1 aliphatic heterocycles. The summed E-state index contributed by atoms with van der Waals surface area (Å²) in [6.45, 7) is 8.44. The Bertz CT molecular complexity index is 822. The van der Waals surface area contributed by atoms with E-state index in [1.165, 1.54) is 0 Å². The summed E-state index contributed by atoms with van der Waals surface area (Å²) < 4.78 is 0. The second-order valence-electron chi connectivity index (χ2n) is 6.88. The molecule has 1 N–H and O–H groups in total. The molecule has 0 saturated carbocycles. The number of para-hydroxylation sites is 1. The molecule has 0 bridgehead atoms. The van der Waals surface area contributed by atoms with E-state index in [1.807, 2.05) is 64.1 Å². The van der Waals surface area contributed by atoms with Crippen LogP contribution in [0.1, 0.15) is 28.7 Å². The number of aryl methyl sites for hydroxylation is 3. The first kappa shape index (κ1) is 17.2. The fourth-order valence-corrected chi connectivity index (χ4v) is 3.45. The Morgan fingerprint density at radius 1 is 1.00 bits per heavy atom. The molecule has 1 fully saturated rings. The molecule has 0 unspecified atom stereocenters. The second kappa shape index (κ2) is 6.71. The van der Waals surface area contributed by atoms with Crippen LogP contribution in [0.15, 0.2) is 36.4 Å². The lowest BCUT2D eigenvalue weighted by atomic mass is 10.1. The molecular weight excluding hydrogens is 312 g/mol. The van der Waals surface area contributed by atoms with Crippen molar-refractivity contribution >= 4 is 23.2 Å². The number of benzene rings is 2. The highest BCUT2D eigenvalue weighted by atomic mass is 16.2. The molecule has 1 atom stereocenters. The lowest BCUT2D eigenvalue weighted by Gasteiger charge is -2.21. The molecule has 25 heavy (non-hydrogen) atoms. The minimum absolute atomic E-state index is 0.0125. The Balaban J connectivity index is 1.78. The van der Waals surface area contributed by atoms with Crippen molar-refractivity contribution in [3.8, 4) is 0 Å². The monoisotopic (exact) mass is 336 g/mol. The fourth-order valence-electron chi connectivity index (χ4n) is 3.45. The average Bonchev–Trinajstić information content (AvgIpc) is 2.93. The maximum Gasteiger partial charge on any atom is 0.229 e. The average molecular weight is 336 g/mol. The number of nitrogens with one attached hydrogen (secondary N) is 1. The van der Waals surface area contributed by atoms with E-state index in [1.54, 1.807) is 4.90 Å². The van der Waals surface area contributed by atoms with E-state index >= 15 is 0 Å². The molecule has 4 heteroatoms. The molecule has 0 aliphatic carbocycles. The van der Waals surface area contributed by atoms with E-state index in [2.05, 4.69) is 5.32 Å². The first-order chi connectivity index (χ1) is 11.9. The van der Waals surface area contributed by atoms with Crippen molar-refractivity contribution in [2.24, 2.45) is 5.92 Å². The number of rotatable bonds is 3. The summed E-state index contributed by atoms with van der Waals surface area (Å²) in [5, 5.41) is 3.00. The third kappa shape index (κ3) is 3.29. The van der Waals surface area contributed by atoms with Gasteiger partial charge in [-0.15, -0.1) is 0 Å². The van der Waals surface area contributed by atoms with Gasteiger partial charge >= 0.3 is 0 Å². The molecule has 1 heterocycles. The number of hydrogen-bond acceptors (Lipinski definition) is 2. The molecule has 2 aromatic carbocycles. The standard InChI is InChI=1S/C21H24N2O2/c1-13-7-6-10-18(16(13)4)22-21(25)17-11-19(24)23(12-17)20-14(2)8-5-9-15(20)3/h5-10,17H,11-12H2,1-4H3,(H,22,25)/t17-/m1/s1. The van der Waals surface area contributed by atoms with Crippen LogP contribution in [0.2, 0.25) is 0 Å². The highest BCUT2D eigenvalue weighted by Gasteiger charge is 2.36. The van der Waals surface area contributed by atoms with Crippen molar-refractivity contribution in [1.82, 2.24) is 0 Å². The summed E-state index contributed by atoms with van der Waals surface area (Å²) >= 11 is 0. The molecule has 1 saturated heterocycles. The maximum absolute atomic E-state index is 12.7. The van der Waals surface area contributed by atoms with Crippen molar-refractivity contribution in [2.75, 3.05) is 16.8 Å². The van der Waals surface area contributed by atoms with E-state index in [9.17, 15) is 9.59 Å². The van der Waals surface area contributed by atoms with Gasteiger partial charge in [0.05, 0.1) is 5.92 Å². The minimum atomic E-state index is -0.327. The van der Waals surface area contributed by atoms with Gasteiger partial charge < -0.3 is 10.2 Å². The Kier molecular flexibility index (Phi) is 4.62. The summed E-state index contributed by atoms with van der Waals surface area (Å²) in [5.74, 6) is -0.402. The van der Waals surface area contributed by atoms with E-state index in [4.69, 9.17) is 0 Å². The Morgan fingerprint density at radius 3 is 2.28 bits per heavy atom. The summed E-state index contributed by atoms with van der Waals surface area (Å²) in [4.78, 5) is 27.0. The van der Waals surface area contributed by atoms with Crippen LogP contribution in [0.25, 0.3) is 0 Å². The van der Waals surface area contributed by atoms with Gasteiger partial charge in [0.25, 0.3) is 0 Å². The van der Waals surface area contributed by atoms with Crippen LogP contribution in [0, 0.1) is 33.6 Å². The van der Waals surface area contributed by atoms with Crippen LogP contribution >= 0.6 is 0 Å². The van der Waals surface area contributed by atoms with Crippen LogP contribution in [-0.2, 0) is 9.59 Å². The Morgan fingerprint density at radius 2 is 1.60 bits per heavy atom. The number of carbonyl (C=O) groups excluding carboxylic acids is 2. The highest BCUT2D eigenvalue weighted by Crippen LogP contribution is 2.31. The third-order valence-corrected chi connectivity index (χ3v) is 5.07. The zero-order valence-electron chi connectivity index (χ0n) is 15.2. The smallest absolute Gasteiger partial charge is 0.229 e. The van der Waals surface area contributed by atoms with Crippen molar-refractivity contribution < 1.29 is 9.59 Å². The van der Waals surface area contributed by atoms with Crippen LogP contribution < -0.4 is 10.2 Å². The van der Waals surface area contributed by atoms with Gasteiger partial charge in [-0.25, -0.2) is 0 Å². The predicted molar refractivity (Wildman–Crippen MR) is 101 cm³/mol. The van der Waals surface area contributed by atoms with Crippen LogP contribution in [0.3, 0.4) is 0 Å². The predicted octanol–water partition coefficient (Wildman–Crippen LogP) is 3.91. The maximum atomic E-state index is 12.7. The first-order valence-electron chi connectivity index (χ1n) is 8.62. The number of nitrogens with zero attached hydrogens (tertiary/aromatic N) is 1. The molecule has 0 radical (unpaired) electrons. The number of amides is 2. The van der Waals surface area contributed by atoms with Gasteiger partial charge in [-0.1, -0.05) is 30.3 Å². The number of hydrogen-bond donors (Lipinski definition) is 1. The van der Waals surface area contributed by atoms with Crippen LogP contribution in [0.4, 0.5) is 11.4 Å². The topological polar surface area (TPSA) is 49.4 Å². The molecule has 4 nitrogen and oxygen atoms in total. The molecule has 130 valence electrons. The number of carbonyl (C=O) groups is 2. The first-order valence-corrected chi connectivity index (χ1v) is 8.62. The van der Waals surface area contributed by atoms with Gasteiger partial charge in [0.2, 0.25) is 11.8 Å². The van der Waals surface area contributed by atoms with E-state index in [0.29, 0.717) is 6.54 Å². The molecule has 2 amide bonds. The third-order valence-electron chi connectivity index (χ3n) is 5.07. The van der Waals surface area contributed by atoms with Crippen molar-refractivity contribution in [1.29, 1.82) is 0 Å². The molecular formula is C21H24N2O2. The normalized spacial score (nSPS) is 17.0. The van der Waals surface area contributed by atoms with Crippen molar-refractivity contribution in [3.05, 3.63) is 58.7 Å². The molecule has 3 rings (SSSR count). The lowest BCUT2D eigenvalue weighted by molar-refractivity contribution is -0.122. The summed E-state index contributed by atoms with van der Waals surface area (Å²) in [7, 11) is 0. The van der Waals surface area contributed by atoms with Crippen molar-refractivity contribution in [2.45, 2.75) is 34.1 Å². The van der Waals surface area contributed by atoms with Gasteiger partial charge in [-0.3, -0.25) is 9.59 Å².